The Morgan fingerprint density at radius 2 is 2.04 bits per heavy atom. The van der Waals surface area contributed by atoms with Crippen molar-refractivity contribution < 1.29 is 19.4 Å². The number of ether oxygens (including phenoxy) is 2. The third-order valence-corrected chi connectivity index (χ3v) is 6.55. The third-order valence-electron chi connectivity index (χ3n) is 5.47. The molecule has 1 amide bonds. The molecule has 5 nitrogen and oxygen atoms in total. The van der Waals surface area contributed by atoms with Gasteiger partial charge in [-0.2, -0.15) is 0 Å². The number of carbonyl (C=O) groups is 1. The van der Waals surface area contributed by atoms with Crippen LogP contribution in [-0.2, 0) is 15.8 Å². The Morgan fingerprint density at radius 1 is 1.27 bits per heavy atom. The highest BCUT2D eigenvalue weighted by Gasteiger charge is 2.44. The van der Waals surface area contributed by atoms with Gasteiger partial charge in [0.1, 0.15) is 5.60 Å². The Labute approximate surface area is 156 Å². The number of amides is 1. The second-order valence-corrected chi connectivity index (χ2v) is 8.24. The van der Waals surface area contributed by atoms with Gasteiger partial charge >= 0.3 is 0 Å². The minimum absolute atomic E-state index is 0.0125. The number of nitrogens with one attached hydrogen (secondary N) is 1. The molecule has 1 aromatic heterocycles. The van der Waals surface area contributed by atoms with E-state index in [1.807, 2.05) is 23.6 Å². The molecule has 2 aromatic rings. The van der Waals surface area contributed by atoms with Crippen molar-refractivity contribution in [3.05, 3.63) is 46.2 Å². The Bertz CT molecular complexity index is 794. The Morgan fingerprint density at radius 3 is 2.77 bits per heavy atom. The molecule has 2 N–H and O–H groups in total. The summed E-state index contributed by atoms with van der Waals surface area (Å²) in [6.07, 6.45) is 3.85. The Balaban J connectivity index is 1.49. The normalized spacial score (nSPS) is 19.9. The summed E-state index contributed by atoms with van der Waals surface area (Å²) in [6, 6.07) is 9.42. The summed E-state index contributed by atoms with van der Waals surface area (Å²) in [7, 11) is 0. The van der Waals surface area contributed by atoms with Crippen molar-refractivity contribution in [1.29, 1.82) is 0 Å². The molecule has 1 fully saturated rings. The van der Waals surface area contributed by atoms with Gasteiger partial charge in [-0.05, 0) is 48.9 Å². The molecular weight excluding hydrogens is 350 g/mol. The van der Waals surface area contributed by atoms with Crippen LogP contribution in [0.4, 0.5) is 0 Å². The van der Waals surface area contributed by atoms with E-state index in [0.29, 0.717) is 17.1 Å². The van der Waals surface area contributed by atoms with Crippen LogP contribution in [0.15, 0.2) is 35.7 Å². The van der Waals surface area contributed by atoms with E-state index in [4.69, 9.17) is 9.47 Å². The lowest BCUT2D eigenvalue weighted by Gasteiger charge is -2.30. The second-order valence-electron chi connectivity index (χ2n) is 7.29. The van der Waals surface area contributed by atoms with Crippen molar-refractivity contribution >= 4 is 17.2 Å². The molecule has 1 unspecified atom stereocenters. The maximum atomic E-state index is 13.1. The number of thiophene rings is 1. The van der Waals surface area contributed by atoms with Gasteiger partial charge in [-0.15, -0.1) is 11.3 Å². The minimum Gasteiger partial charge on any atom is -0.454 e. The molecule has 138 valence electrons. The fourth-order valence-corrected chi connectivity index (χ4v) is 4.85. The Kier molecular flexibility index (Phi) is 4.40. The van der Waals surface area contributed by atoms with E-state index in [0.717, 1.165) is 30.6 Å². The molecule has 0 bridgehead atoms. The highest BCUT2D eigenvalue weighted by Crippen LogP contribution is 2.43. The van der Waals surface area contributed by atoms with Crippen LogP contribution < -0.4 is 14.8 Å². The number of aliphatic hydroxyl groups is 1. The lowest BCUT2D eigenvalue weighted by Crippen LogP contribution is -2.47. The first-order valence-corrected chi connectivity index (χ1v) is 9.84. The van der Waals surface area contributed by atoms with Crippen LogP contribution in [0.2, 0.25) is 0 Å². The highest BCUT2D eigenvalue weighted by molar-refractivity contribution is 7.10. The lowest BCUT2D eigenvalue weighted by atomic mass is 9.83. The molecule has 1 aromatic carbocycles. The van der Waals surface area contributed by atoms with Crippen LogP contribution in [0.25, 0.3) is 0 Å². The van der Waals surface area contributed by atoms with Gasteiger partial charge in [0, 0.05) is 4.88 Å². The first-order valence-electron chi connectivity index (χ1n) is 8.96. The fraction of sp³-hybridized carbons (Fsp3) is 0.450. The van der Waals surface area contributed by atoms with E-state index in [1.165, 1.54) is 0 Å². The second kappa shape index (κ2) is 6.59. The zero-order valence-electron chi connectivity index (χ0n) is 14.8. The van der Waals surface area contributed by atoms with E-state index in [-0.39, 0.29) is 19.2 Å². The number of benzene rings is 1. The molecule has 0 saturated heterocycles. The summed E-state index contributed by atoms with van der Waals surface area (Å²) in [4.78, 5) is 14.2. The van der Waals surface area contributed by atoms with Crippen molar-refractivity contribution in [3.63, 3.8) is 0 Å². The van der Waals surface area contributed by atoms with Crippen LogP contribution in [0.3, 0.4) is 0 Å². The number of hydrogen-bond acceptors (Lipinski definition) is 5. The first kappa shape index (κ1) is 17.4. The SMILES string of the molecule is CC(O)(CNC(=O)C1(c2cccs2)CCCC1)c1ccc2c(c1)OCO2. The molecule has 1 aliphatic heterocycles. The molecular formula is C20H23NO4S. The number of fused-ring (bicyclic) bond motifs is 1. The summed E-state index contributed by atoms with van der Waals surface area (Å²) >= 11 is 1.64. The van der Waals surface area contributed by atoms with Gasteiger partial charge in [0.2, 0.25) is 12.7 Å². The van der Waals surface area contributed by atoms with E-state index >= 15 is 0 Å². The standard InChI is InChI=1S/C20H23NO4S/c1-19(23,14-6-7-15-16(11-14)25-13-24-15)12-21-18(22)20(8-2-3-9-20)17-5-4-10-26-17/h4-7,10-11,23H,2-3,8-9,12-13H2,1H3,(H,21,22). The Hall–Kier alpha value is -2.05. The predicted molar refractivity (Wildman–Crippen MR) is 99.6 cm³/mol. The average molecular weight is 373 g/mol. The van der Waals surface area contributed by atoms with E-state index in [9.17, 15) is 9.90 Å². The summed E-state index contributed by atoms with van der Waals surface area (Å²) < 4.78 is 10.7. The van der Waals surface area contributed by atoms with Gasteiger partial charge in [-0.25, -0.2) is 0 Å². The molecule has 6 heteroatoms. The summed E-state index contributed by atoms with van der Waals surface area (Å²) in [5, 5.41) is 15.9. The lowest BCUT2D eigenvalue weighted by molar-refractivity contribution is -0.127. The zero-order valence-corrected chi connectivity index (χ0v) is 15.6. The van der Waals surface area contributed by atoms with Gasteiger partial charge in [0.15, 0.2) is 11.5 Å². The molecule has 2 heterocycles. The van der Waals surface area contributed by atoms with Crippen molar-refractivity contribution in [2.75, 3.05) is 13.3 Å². The zero-order chi connectivity index (χ0) is 18.2. The van der Waals surface area contributed by atoms with Crippen LogP contribution in [0, 0.1) is 0 Å². The fourth-order valence-electron chi connectivity index (χ4n) is 3.87. The van der Waals surface area contributed by atoms with Gasteiger partial charge in [0.05, 0.1) is 12.0 Å². The smallest absolute Gasteiger partial charge is 0.231 e. The van der Waals surface area contributed by atoms with Gasteiger partial charge in [0.25, 0.3) is 0 Å². The maximum absolute atomic E-state index is 13.1. The third kappa shape index (κ3) is 2.97. The van der Waals surface area contributed by atoms with E-state index < -0.39 is 11.0 Å². The molecule has 0 spiro atoms. The van der Waals surface area contributed by atoms with Crippen molar-refractivity contribution in [2.24, 2.45) is 0 Å². The first-order chi connectivity index (χ1) is 12.5. The number of carbonyl (C=O) groups excluding carboxylic acids is 1. The monoisotopic (exact) mass is 373 g/mol. The molecule has 1 saturated carbocycles. The number of rotatable bonds is 5. The van der Waals surface area contributed by atoms with E-state index in [2.05, 4.69) is 5.32 Å². The molecule has 1 aliphatic carbocycles. The van der Waals surface area contributed by atoms with Crippen molar-refractivity contribution in [1.82, 2.24) is 5.32 Å². The largest absolute Gasteiger partial charge is 0.454 e. The van der Waals surface area contributed by atoms with Crippen LogP contribution in [0.5, 0.6) is 11.5 Å². The molecule has 26 heavy (non-hydrogen) atoms. The maximum Gasteiger partial charge on any atom is 0.231 e. The van der Waals surface area contributed by atoms with Gasteiger partial charge < -0.3 is 19.9 Å². The quantitative estimate of drug-likeness (QED) is 0.844. The van der Waals surface area contributed by atoms with Crippen molar-refractivity contribution in [3.8, 4) is 11.5 Å². The summed E-state index contributed by atoms with van der Waals surface area (Å²) in [5.41, 5.74) is -0.941. The summed E-state index contributed by atoms with van der Waals surface area (Å²) in [5.74, 6) is 1.31. The van der Waals surface area contributed by atoms with Crippen LogP contribution >= 0.6 is 11.3 Å². The molecule has 4 rings (SSSR count). The predicted octanol–water partition coefficient (Wildman–Crippen LogP) is 3.31. The highest BCUT2D eigenvalue weighted by atomic mass is 32.1. The topological polar surface area (TPSA) is 67.8 Å². The summed E-state index contributed by atoms with van der Waals surface area (Å²) in [6.45, 7) is 2.05. The molecule has 1 atom stereocenters. The molecule has 0 radical (unpaired) electrons. The van der Waals surface area contributed by atoms with Gasteiger partial charge in [-0.3, -0.25) is 4.79 Å². The van der Waals surface area contributed by atoms with Crippen LogP contribution in [0.1, 0.15) is 43.0 Å². The minimum atomic E-state index is -1.19. The molecule has 2 aliphatic rings. The van der Waals surface area contributed by atoms with Gasteiger partial charge in [-0.1, -0.05) is 25.0 Å². The average Bonchev–Trinajstić information content (AvgIpc) is 3.40. The number of hydrogen-bond donors (Lipinski definition) is 2. The van der Waals surface area contributed by atoms with E-state index in [1.54, 1.807) is 30.4 Å². The van der Waals surface area contributed by atoms with Crippen LogP contribution in [-0.4, -0.2) is 24.4 Å². The van der Waals surface area contributed by atoms with Crippen molar-refractivity contribution in [2.45, 2.75) is 43.6 Å².